The molecule has 0 aromatic carbocycles. The Kier molecular flexibility index (Phi) is 6.49. The van der Waals surface area contributed by atoms with Gasteiger partial charge in [0.1, 0.15) is 6.61 Å². The quantitative estimate of drug-likeness (QED) is 0.776. The molecule has 0 fully saturated rings. The van der Waals surface area contributed by atoms with Gasteiger partial charge in [0, 0.05) is 6.54 Å². The summed E-state index contributed by atoms with van der Waals surface area (Å²) < 4.78 is 5.33. The average molecular weight is 273 g/mol. The summed E-state index contributed by atoms with van der Waals surface area (Å²) in [5.74, 6) is -1.74. The zero-order valence-electron chi connectivity index (χ0n) is 12.9. The third-order valence-corrected chi connectivity index (χ3v) is 2.39. The van der Waals surface area contributed by atoms with Crippen LogP contribution in [0.3, 0.4) is 0 Å². The van der Waals surface area contributed by atoms with E-state index in [0.717, 1.165) is 0 Å². The highest BCUT2D eigenvalue weighted by molar-refractivity contribution is 5.78. The lowest BCUT2D eigenvalue weighted by molar-refractivity contribution is -0.143. The van der Waals surface area contributed by atoms with E-state index in [-0.39, 0.29) is 30.1 Å². The molecule has 0 spiro atoms. The van der Waals surface area contributed by atoms with Gasteiger partial charge in [-0.05, 0) is 32.6 Å². The van der Waals surface area contributed by atoms with Crippen molar-refractivity contribution in [3.8, 4) is 0 Å². The van der Waals surface area contributed by atoms with E-state index in [1.807, 2.05) is 41.5 Å². The minimum Gasteiger partial charge on any atom is -0.481 e. The van der Waals surface area contributed by atoms with E-state index in [1.165, 1.54) is 0 Å². The second-order valence-electron chi connectivity index (χ2n) is 7.01. The van der Waals surface area contributed by atoms with Crippen LogP contribution in [0.15, 0.2) is 0 Å². The Morgan fingerprint density at radius 2 is 1.68 bits per heavy atom. The van der Waals surface area contributed by atoms with Gasteiger partial charge in [0.15, 0.2) is 0 Å². The fourth-order valence-electron chi connectivity index (χ4n) is 1.56. The molecule has 112 valence electrons. The number of carboxylic acids is 1. The highest BCUT2D eigenvalue weighted by Crippen LogP contribution is 2.24. The number of carbonyl (C=O) groups is 2. The average Bonchev–Trinajstić information content (AvgIpc) is 2.18. The fraction of sp³-hybridized carbons (Fsp3) is 0.857. The van der Waals surface area contributed by atoms with Crippen LogP contribution in [0.4, 0.5) is 0 Å². The van der Waals surface area contributed by atoms with Crippen LogP contribution in [-0.4, -0.2) is 35.7 Å². The fourth-order valence-corrected chi connectivity index (χ4v) is 1.56. The van der Waals surface area contributed by atoms with E-state index in [2.05, 4.69) is 5.32 Å². The van der Waals surface area contributed by atoms with Crippen molar-refractivity contribution < 1.29 is 19.4 Å². The second-order valence-corrected chi connectivity index (χ2v) is 7.01. The van der Waals surface area contributed by atoms with Crippen LogP contribution in [0.2, 0.25) is 0 Å². The molecule has 0 heterocycles. The second kappa shape index (κ2) is 6.89. The lowest BCUT2D eigenvalue weighted by Gasteiger charge is -2.24. The van der Waals surface area contributed by atoms with Crippen molar-refractivity contribution in [2.75, 3.05) is 13.2 Å². The van der Waals surface area contributed by atoms with Crippen LogP contribution in [0, 0.1) is 11.3 Å². The van der Waals surface area contributed by atoms with Gasteiger partial charge in [-0.1, -0.05) is 20.8 Å². The number of aliphatic carboxylic acids is 1. The number of hydrogen-bond acceptors (Lipinski definition) is 3. The third-order valence-electron chi connectivity index (χ3n) is 2.39. The molecular formula is C14H27NO4. The lowest BCUT2D eigenvalue weighted by Crippen LogP contribution is -2.38. The van der Waals surface area contributed by atoms with E-state index < -0.39 is 11.9 Å². The van der Waals surface area contributed by atoms with Gasteiger partial charge in [-0.3, -0.25) is 9.59 Å². The Bertz CT molecular complexity index is 312. The van der Waals surface area contributed by atoms with Crippen LogP contribution in [0.25, 0.3) is 0 Å². The van der Waals surface area contributed by atoms with Gasteiger partial charge in [0.2, 0.25) is 5.91 Å². The molecule has 0 aliphatic heterocycles. The van der Waals surface area contributed by atoms with Gasteiger partial charge in [-0.25, -0.2) is 0 Å². The molecule has 0 aromatic rings. The smallest absolute Gasteiger partial charge is 0.308 e. The summed E-state index contributed by atoms with van der Waals surface area (Å²) in [7, 11) is 0. The largest absolute Gasteiger partial charge is 0.481 e. The first kappa shape index (κ1) is 17.9. The molecule has 1 atom stereocenters. The van der Waals surface area contributed by atoms with Crippen LogP contribution in [0.5, 0.6) is 0 Å². The van der Waals surface area contributed by atoms with Crippen molar-refractivity contribution in [2.24, 2.45) is 11.3 Å². The van der Waals surface area contributed by atoms with E-state index in [4.69, 9.17) is 9.84 Å². The molecule has 0 aliphatic rings. The number of nitrogens with one attached hydrogen (secondary N) is 1. The highest BCUT2D eigenvalue weighted by Gasteiger charge is 2.25. The summed E-state index contributed by atoms with van der Waals surface area (Å²) in [6.45, 7) is 11.6. The summed E-state index contributed by atoms with van der Waals surface area (Å²) in [6, 6.07) is 0. The summed E-state index contributed by atoms with van der Waals surface area (Å²) in [4.78, 5) is 22.7. The minimum atomic E-state index is -0.882. The third kappa shape index (κ3) is 10.5. The monoisotopic (exact) mass is 273 g/mol. The van der Waals surface area contributed by atoms with E-state index in [1.54, 1.807) is 0 Å². The molecule has 0 rings (SSSR count). The zero-order valence-corrected chi connectivity index (χ0v) is 12.9. The maximum atomic E-state index is 11.6. The van der Waals surface area contributed by atoms with Gasteiger partial charge in [0.05, 0.1) is 11.5 Å². The number of ether oxygens (including phenoxy) is 1. The number of carboxylic acid groups (broad SMARTS) is 1. The Labute approximate surface area is 115 Å². The van der Waals surface area contributed by atoms with Gasteiger partial charge < -0.3 is 15.2 Å². The number of carbonyl (C=O) groups excluding carboxylic acids is 1. The molecule has 19 heavy (non-hydrogen) atoms. The predicted molar refractivity (Wildman–Crippen MR) is 73.9 cm³/mol. The summed E-state index contributed by atoms with van der Waals surface area (Å²) >= 11 is 0. The summed E-state index contributed by atoms with van der Waals surface area (Å²) in [5.41, 5.74) is -0.468. The first-order valence-electron chi connectivity index (χ1n) is 6.54. The number of hydrogen-bond donors (Lipinski definition) is 2. The maximum Gasteiger partial charge on any atom is 0.308 e. The Hall–Kier alpha value is -1.10. The normalized spacial score (nSPS) is 14.0. The molecule has 1 unspecified atom stereocenters. The summed E-state index contributed by atoms with van der Waals surface area (Å²) in [5, 5.41) is 11.7. The van der Waals surface area contributed by atoms with Crippen molar-refractivity contribution in [3.05, 3.63) is 0 Å². The lowest BCUT2D eigenvalue weighted by atomic mass is 9.84. The van der Waals surface area contributed by atoms with Crippen molar-refractivity contribution in [1.82, 2.24) is 5.32 Å². The molecule has 0 bridgehead atoms. The topological polar surface area (TPSA) is 75.6 Å². The van der Waals surface area contributed by atoms with E-state index in [9.17, 15) is 9.59 Å². The molecule has 0 radical (unpaired) electrons. The number of rotatable bonds is 6. The van der Waals surface area contributed by atoms with Gasteiger partial charge in [-0.15, -0.1) is 0 Å². The van der Waals surface area contributed by atoms with Crippen molar-refractivity contribution in [2.45, 2.75) is 53.6 Å². The van der Waals surface area contributed by atoms with Crippen LogP contribution in [0.1, 0.15) is 48.0 Å². The zero-order chi connectivity index (χ0) is 15.3. The molecule has 0 aromatic heterocycles. The first-order valence-corrected chi connectivity index (χ1v) is 6.54. The van der Waals surface area contributed by atoms with Crippen molar-refractivity contribution in [3.63, 3.8) is 0 Å². The van der Waals surface area contributed by atoms with Gasteiger partial charge >= 0.3 is 5.97 Å². The van der Waals surface area contributed by atoms with Crippen LogP contribution >= 0.6 is 0 Å². The Balaban J connectivity index is 4.19. The van der Waals surface area contributed by atoms with E-state index in [0.29, 0.717) is 6.42 Å². The van der Waals surface area contributed by atoms with E-state index >= 15 is 0 Å². The number of amides is 1. The summed E-state index contributed by atoms with van der Waals surface area (Å²) in [6.07, 6.45) is 0.517. The molecular weight excluding hydrogens is 246 g/mol. The van der Waals surface area contributed by atoms with Crippen LogP contribution < -0.4 is 5.32 Å². The predicted octanol–water partition coefficient (Wildman–Crippen LogP) is 2.05. The molecule has 0 saturated carbocycles. The van der Waals surface area contributed by atoms with Gasteiger partial charge in [0.25, 0.3) is 0 Å². The van der Waals surface area contributed by atoms with Crippen molar-refractivity contribution >= 4 is 11.9 Å². The van der Waals surface area contributed by atoms with Gasteiger partial charge in [-0.2, -0.15) is 0 Å². The molecule has 5 nitrogen and oxygen atoms in total. The molecule has 0 aliphatic carbocycles. The molecule has 5 heteroatoms. The van der Waals surface area contributed by atoms with Crippen LogP contribution in [-0.2, 0) is 14.3 Å². The van der Waals surface area contributed by atoms with Crippen molar-refractivity contribution in [1.29, 1.82) is 0 Å². The standard InChI is InChI=1S/C14H27NO4/c1-13(2,3)7-10(12(17)18)8-15-11(16)9-19-14(4,5)6/h10H,7-9H2,1-6H3,(H,15,16)(H,17,18). The maximum absolute atomic E-state index is 11.6. The Morgan fingerprint density at radius 3 is 2.05 bits per heavy atom. The molecule has 2 N–H and O–H groups in total. The molecule has 1 amide bonds. The first-order chi connectivity index (χ1) is 8.41. The minimum absolute atomic E-state index is 0.0502. The molecule has 0 saturated heterocycles. The highest BCUT2D eigenvalue weighted by atomic mass is 16.5. The SMILES string of the molecule is CC(C)(C)CC(CNC(=O)COC(C)(C)C)C(=O)O. The Morgan fingerprint density at radius 1 is 1.16 bits per heavy atom.